The number of carbonyl (C=O) groups is 1. The molecular weight excluding hydrogens is 237 g/mol. The summed E-state index contributed by atoms with van der Waals surface area (Å²) >= 11 is 12.3. The van der Waals surface area contributed by atoms with Crippen LogP contribution in [0, 0.1) is 11.8 Å². The van der Waals surface area contributed by atoms with E-state index in [0.717, 1.165) is 19.3 Å². The molecule has 1 saturated carbocycles. The number of alkyl halides is 1. The fourth-order valence-corrected chi connectivity index (χ4v) is 3.89. The molecule has 3 nitrogen and oxygen atoms in total. The van der Waals surface area contributed by atoms with Crippen molar-refractivity contribution in [3.05, 3.63) is 0 Å². The molecule has 0 radical (unpaired) electrons. The van der Waals surface area contributed by atoms with E-state index in [0.29, 0.717) is 5.17 Å². The number of nitrogens with zero attached hydrogens (tertiary/aromatic N) is 1. The van der Waals surface area contributed by atoms with Gasteiger partial charge in [0.1, 0.15) is 5.17 Å². The molecule has 0 unspecified atom stereocenters. The Bertz CT molecular complexity index is 384. The summed E-state index contributed by atoms with van der Waals surface area (Å²) in [6, 6.07) is 0. The van der Waals surface area contributed by atoms with Crippen LogP contribution in [0.25, 0.3) is 0 Å². The summed E-state index contributed by atoms with van der Waals surface area (Å²) in [5.74, 6) is -0.107. The van der Waals surface area contributed by atoms with Crippen LogP contribution in [0.3, 0.4) is 0 Å². The van der Waals surface area contributed by atoms with Gasteiger partial charge in [0.2, 0.25) is 5.00 Å². The first-order chi connectivity index (χ1) is 6.98. The van der Waals surface area contributed by atoms with Crippen LogP contribution in [-0.2, 0) is 9.53 Å². The first-order valence-electron chi connectivity index (χ1n) is 5.16. The molecule has 0 spiro atoms. The smallest absolute Gasteiger partial charge is 0.350 e. The Morgan fingerprint density at radius 2 is 2.13 bits per heavy atom. The third-order valence-corrected chi connectivity index (χ3v) is 4.96. The second kappa shape index (κ2) is 2.69. The van der Waals surface area contributed by atoms with Crippen LogP contribution in [-0.4, -0.2) is 21.7 Å². The standard InChI is InChI=1S/C10H11Cl2NO2/c1-9-5-3-2-4-6(5)10(12,8(14)15-9)13-7(9)11/h5-6H,2-4H2,1H3/t5-,6+,9-,10-/m1/s1. The summed E-state index contributed by atoms with van der Waals surface area (Å²) in [6.45, 7) is 1.84. The SMILES string of the molecule is C[C@]12OC(=O)[C@](Cl)(N=C1Cl)[C@H]1CCC[C@H]12. The molecule has 15 heavy (non-hydrogen) atoms. The number of carbonyl (C=O) groups excluding carboxylic acids is 1. The molecule has 1 saturated heterocycles. The molecule has 0 N–H and O–H groups in total. The highest BCUT2D eigenvalue weighted by molar-refractivity contribution is 6.68. The van der Waals surface area contributed by atoms with E-state index >= 15 is 0 Å². The lowest BCUT2D eigenvalue weighted by Gasteiger charge is -2.51. The van der Waals surface area contributed by atoms with Crippen molar-refractivity contribution in [3.8, 4) is 0 Å². The lowest BCUT2D eigenvalue weighted by molar-refractivity contribution is -0.176. The highest BCUT2D eigenvalue weighted by Gasteiger charge is 2.67. The number of rotatable bonds is 0. The Morgan fingerprint density at radius 3 is 2.87 bits per heavy atom. The molecule has 1 aliphatic carbocycles. The summed E-state index contributed by atoms with van der Waals surface area (Å²) in [7, 11) is 0. The van der Waals surface area contributed by atoms with Crippen LogP contribution >= 0.6 is 23.2 Å². The average molecular weight is 248 g/mol. The Kier molecular flexibility index (Phi) is 1.78. The molecule has 0 aromatic rings. The molecule has 5 heteroatoms. The molecule has 2 fully saturated rings. The fraction of sp³-hybridized carbons (Fsp3) is 0.800. The van der Waals surface area contributed by atoms with Gasteiger partial charge < -0.3 is 4.74 Å². The number of halogens is 2. The number of ether oxygens (including phenoxy) is 1. The Hall–Kier alpha value is -0.280. The van der Waals surface area contributed by atoms with Gasteiger partial charge >= 0.3 is 5.97 Å². The Morgan fingerprint density at radius 1 is 1.47 bits per heavy atom. The van der Waals surface area contributed by atoms with Crippen LogP contribution in [0.5, 0.6) is 0 Å². The van der Waals surface area contributed by atoms with Gasteiger partial charge in [0, 0.05) is 11.8 Å². The first-order valence-corrected chi connectivity index (χ1v) is 5.92. The summed E-state index contributed by atoms with van der Waals surface area (Å²) in [4.78, 5) is 14.7. The zero-order valence-corrected chi connectivity index (χ0v) is 9.81. The maximum Gasteiger partial charge on any atom is 0.350 e. The first kappa shape index (κ1) is 9.91. The van der Waals surface area contributed by atoms with Crippen molar-refractivity contribution in [1.82, 2.24) is 0 Å². The maximum atomic E-state index is 11.8. The van der Waals surface area contributed by atoms with E-state index in [1.54, 1.807) is 0 Å². The molecule has 4 atom stereocenters. The van der Waals surface area contributed by atoms with Crippen molar-refractivity contribution in [2.24, 2.45) is 16.8 Å². The number of hydrogen-bond acceptors (Lipinski definition) is 3. The number of fused-ring (bicyclic) bond motifs is 1. The number of aliphatic imine (C=N–C) groups is 1. The van der Waals surface area contributed by atoms with Crippen molar-refractivity contribution in [1.29, 1.82) is 0 Å². The molecule has 2 bridgehead atoms. The molecule has 0 amide bonds. The van der Waals surface area contributed by atoms with E-state index in [4.69, 9.17) is 27.9 Å². The molecule has 4 rings (SSSR count). The summed E-state index contributed by atoms with van der Waals surface area (Å²) in [6.07, 6.45) is 3.01. The molecule has 82 valence electrons. The van der Waals surface area contributed by atoms with Crippen LogP contribution in [0.15, 0.2) is 4.99 Å². The third kappa shape index (κ3) is 0.986. The highest BCUT2D eigenvalue weighted by atomic mass is 35.5. The molecular formula is C10H11Cl2NO2. The fourth-order valence-electron chi connectivity index (χ4n) is 3.15. The minimum Gasteiger partial charge on any atom is -0.449 e. The van der Waals surface area contributed by atoms with Crippen LogP contribution in [0.4, 0.5) is 0 Å². The number of hydrogen-bond donors (Lipinski definition) is 0. The number of esters is 1. The predicted molar refractivity (Wildman–Crippen MR) is 57.2 cm³/mol. The lowest BCUT2D eigenvalue weighted by Crippen LogP contribution is -2.64. The summed E-state index contributed by atoms with van der Waals surface area (Å²) in [5.41, 5.74) is -0.726. The zero-order valence-electron chi connectivity index (χ0n) is 8.30. The minimum absolute atomic E-state index is 0.0907. The lowest BCUT2D eigenvalue weighted by atomic mass is 9.73. The highest BCUT2D eigenvalue weighted by Crippen LogP contribution is 2.57. The van der Waals surface area contributed by atoms with Crippen LogP contribution in [0.1, 0.15) is 26.2 Å². The zero-order chi connectivity index (χ0) is 10.8. The van der Waals surface area contributed by atoms with Crippen LogP contribution < -0.4 is 0 Å². The molecule has 0 aromatic carbocycles. The van der Waals surface area contributed by atoms with E-state index in [2.05, 4.69) is 4.99 Å². The van der Waals surface area contributed by atoms with Crippen molar-refractivity contribution in [2.45, 2.75) is 36.8 Å². The van der Waals surface area contributed by atoms with Crippen molar-refractivity contribution < 1.29 is 9.53 Å². The van der Waals surface area contributed by atoms with E-state index in [1.165, 1.54) is 0 Å². The van der Waals surface area contributed by atoms with Gasteiger partial charge in [-0.15, -0.1) is 0 Å². The molecule has 0 aromatic heterocycles. The van der Waals surface area contributed by atoms with Gasteiger partial charge in [-0.3, -0.25) is 0 Å². The normalized spacial score (nSPS) is 52.5. The van der Waals surface area contributed by atoms with Gasteiger partial charge in [-0.05, 0) is 19.8 Å². The molecule has 3 aliphatic heterocycles. The van der Waals surface area contributed by atoms with Gasteiger partial charge in [-0.2, -0.15) is 0 Å². The Balaban J connectivity index is 2.20. The predicted octanol–water partition coefficient (Wildman–Crippen LogP) is 2.30. The summed E-state index contributed by atoms with van der Waals surface area (Å²) in [5, 5.41) is 0.347. The third-order valence-electron chi connectivity index (χ3n) is 3.98. The molecule has 3 heterocycles. The van der Waals surface area contributed by atoms with E-state index in [1.807, 2.05) is 6.92 Å². The minimum atomic E-state index is -1.24. The van der Waals surface area contributed by atoms with Gasteiger partial charge in [0.05, 0.1) is 0 Å². The van der Waals surface area contributed by atoms with E-state index in [9.17, 15) is 4.79 Å². The average Bonchev–Trinajstić information content (AvgIpc) is 2.62. The van der Waals surface area contributed by atoms with E-state index in [-0.39, 0.29) is 11.8 Å². The maximum absolute atomic E-state index is 11.8. The second-order valence-corrected chi connectivity index (χ2v) is 5.65. The van der Waals surface area contributed by atoms with Gasteiger partial charge in [0.25, 0.3) is 0 Å². The molecule has 4 aliphatic rings. The van der Waals surface area contributed by atoms with Crippen molar-refractivity contribution in [3.63, 3.8) is 0 Å². The quantitative estimate of drug-likeness (QED) is 0.375. The van der Waals surface area contributed by atoms with Crippen molar-refractivity contribution >= 4 is 34.3 Å². The van der Waals surface area contributed by atoms with Crippen molar-refractivity contribution in [2.75, 3.05) is 0 Å². The topological polar surface area (TPSA) is 38.7 Å². The van der Waals surface area contributed by atoms with Gasteiger partial charge in [-0.1, -0.05) is 29.6 Å². The monoisotopic (exact) mass is 247 g/mol. The largest absolute Gasteiger partial charge is 0.449 e. The van der Waals surface area contributed by atoms with Crippen LogP contribution in [0.2, 0.25) is 0 Å². The summed E-state index contributed by atoms with van der Waals surface area (Å²) < 4.78 is 5.37. The Labute approximate surface area is 97.8 Å². The van der Waals surface area contributed by atoms with E-state index < -0.39 is 16.6 Å². The van der Waals surface area contributed by atoms with Gasteiger partial charge in [-0.25, -0.2) is 9.79 Å². The second-order valence-electron chi connectivity index (χ2n) is 4.72. The van der Waals surface area contributed by atoms with Gasteiger partial charge in [0.15, 0.2) is 5.60 Å².